The van der Waals surface area contributed by atoms with Crippen molar-refractivity contribution in [2.24, 2.45) is 5.73 Å². The molecule has 0 spiro atoms. The number of hydrogen-bond donors (Lipinski definition) is 1. The van der Waals surface area contributed by atoms with Gasteiger partial charge in [-0.1, -0.05) is 6.92 Å². The molecule has 1 aliphatic heterocycles. The second kappa shape index (κ2) is 6.68. The first-order valence-electron chi connectivity index (χ1n) is 6.24. The van der Waals surface area contributed by atoms with E-state index in [1.165, 1.54) is 17.9 Å². The van der Waals surface area contributed by atoms with E-state index in [-0.39, 0.29) is 6.04 Å². The summed E-state index contributed by atoms with van der Waals surface area (Å²) in [6.07, 6.45) is 4.75. The quantitative estimate of drug-likeness (QED) is 0.921. The Balaban J connectivity index is 2.15. The van der Waals surface area contributed by atoms with E-state index >= 15 is 0 Å². The zero-order chi connectivity index (χ0) is 13.0. The molecule has 0 saturated carbocycles. The molecule has 1 fully saturated rings. The molecule has 0 aromatic carbocycles. The number of methoxy groups -OCH3 is 1. The summed E-state index contributed by atoms with van der Waals surface area (Å²) in [5.74, 6) is 3.21. The van der Waals surface area contributed by atoms with Crippen molar-refractivity contribution in [3.05, 3.63) is 24.0 Å². The fourth-order valence-corrected chi connectivity index (χ4v) is 5.37. The smallest absolute Gasteiger partial charge is 0.137 e. The first-order valence-corrected chi connectivity index (χ1v) is 8.33. The third-order valence-electron chi connectivity index (χ3n) is 3.20. The van der Waals surface area contributed by atoms with Gasteiger partial charge in [-0.2, -0.15) is 23.5 Å². The SMILES string of the molecule is CCC1SCCSC1C(N)c1cncc(OC)c1. The maximum atomic E-state index is 6.43. The molecule has 3 unspecified atom stereocenters. The van der Waals surface area contributed by atoms with Crippen molar-refractivity contribution in [1.29, 1.82) is 0 Å². The van der Waals surface area contributed by atoms with E-state index in [2.05, 4.69) is 23.7 Å². The molecule has 2 rings (SSSR count). The lowest BCUT2D eigenvalue weighted by atomic mass is 10.0. The second-order valence-corrected chi connectivity index (χ2v) is 6.97. The van der Waals surface area contributed by atoms with E-state index in [1.807, 2.05) is 24.0 Å². The van der Waals surface area contributed by atoms with Crippen LogP contribution in [0.3, 0.4) is 0 Å². The zero-order valence-corrected chi connectivity index (χ0v) is 12.5. The van der Waals surface area contributed by atoms with Crippen LogP contribution in [0, 0.1) is 0 Å². The number of pyridine rings is 1. The Morgan fingerprint density at radius 1 is 1.44 bits per heavy atom. The summed E-state index contributed by atoms with van der Waals surface area (Å²) in [5, 5.41) is 1.12. The Labute approximate surface area is 117 Å². The van der Waals surface area contributed by atoms with Gasteiger partial charge in [0.15, 0.2) is 0 Å². The minimum absolute atomic E-state index is 0.0374. The van der Waals surface area contributed by atoms with Crippen LogP contribution in [0.1, 0.15) is 24.9 Å². The van der Waals surface area contributed by atoms with Gasteiger partial charge >= 0.3 is 0 Å². The van der Waals surface area contributed by atoms with E-state index < -0.39 is 0 Å². The van der Waals surface area contributed by atoms with Crippen molar-refractivity contribution >= 4 is 23.5 Å². The first-order chi connectivity index (χ1) is 8.76. The number of ether oxygens (including phenoxy) is 1. The van der Waals surface area contributed by atoms with Gasteiger partial charge in [-0.05, 0) is 18.1 Å². The predicted molar refractivity (Wildman–Crippen MR) is 80.5 cm³/mol. The van der Waals surface area contributed by atoms with E-state index in [4.69, 9.17) is 10.5 Å². The molecule has 0 bridgehead atoms. The van der Waals surface area contributed by atoms with Crippen molar-refractivity contribution in [3.63, 3.8) is 0 Å². The molecule has 100 valence electrons. The lowest BCUT2D eigenvalue weighted by Gasteiger charge is -2.34. The maximum Gasteiger partial charge on any atom is 0.137 e. The van der Waals surface area contributed by atoms with E-state index in [9.17, 15) is 0 Å². The van der Waals surface area contributed by atoms with Crippen LogP contribution in [0.25, 0.3) is 0 Å². The van der Waals surface area contributed by atoms with Crippen LogP contribution in [0.5, 0.6) is 5.75 Å². The highest BCUT2D eigenvalue weighted by molar-refractivity contribution is 8.07. The molecule has 1 aromatic heterocycles. The summed E-state index contributed by atoms with van der Waals surface area (Å²) < 4.78 is 5.22. The van der Waals surface area contributed by atoms with Gasteiger partial charge in [0.25, 0.3) is 0 Å². The minimum atomic E-state index is 0.0374. The minimum Gasteiger partial charge on any atom is -0.495 e. The van der Waals surface area contributed by atoms with E-state index in [0.717, 1.165) is 11.3 Å². The number of rotatable bonds is 4. The zero-order valence-electron chi connectivity index (χ0n) is 10.8. The third kappa shape index (κ3) is 3.13. The van der Waals surface area contributed by atoms with Crippen LogP contribution in [0.2, 0.25) is 0 Å². The predicted octanol–water partition coefficient (Wildman–Crippen LogP) is 2.72. The number of nitrogens with two attached hydrogens (primary N) is 1. The molecule has 1 aliphatic rings. The van der Waals surface area contributed by atoms with Gasteiger partial charge in [0.05, 0.1) is 13.3 Å². The normalized spacial score (nSPS) is 25.7. The standard InChI is InChI=1S/C13H20N2OS2/c1-3-11-13(18-5-4-17-11)12(14)9-6-10(16-2)8-15-7-9/h6-8,11-13H,3-5,14H2,1-2H3. The third-order valence-corrected chi connectivity index (χ3v) is 6.57. The average Bonchev–Trinajstić information content (AvgIpc) is 2.46. The molecule has 1 saturated heterocycles. The van der Waals surface area contributed by atoms with E-state index in [1.54, 1.807) is 13.3 Å². The number of thioether (sulfide) groups is 2. The molecular formula is C13H20N2OS2. The van der Waals surface area contributed by atoms with Crippen molar-refractivity contribution in [1.82, 2.24) is 4.98 Å². The van der Waals surface area contributed by atoms with Gasteiger partial charge in [-0.15, -0.1) is 0 Å². The van der Waals surface area contributed by atoms with Crippen LogP contribution >= 0.6 is 23.5 Å². The first kappa shape index (κ1) is 14.0. The summed E-state index contributed by atoms with van der Waals surface area (Å²) in [7, 11) is 1.66. The lowest BCUT2D eigenvalue weighted by molar-refractivity contribution is 0.411. The molecule has 3 atom stereocenters. The molecule has 18 heavy (non-hydrogen) atoms. The Morgan fingerprint density at radius 3 is 2.94 bits per heavy atom. The molecule has 5 heteroatoms. The van der Waals surface area contributed by atoms with Crippen molar-refractivity contribution < 1.29 is 4.74 Å². The Hall–Kier alpha value is -0.390. The molecule has 0 aliphatic carbocycles. The van der Waals surface area contributed by atoms with Gasteiger partial charge in [0, 0.05) is 34.2 Å². The number of aromatic nitrogens is 1. The maximum absolute atomic E-state index is 6.43. The molecular weight excluding hydrogens is 264 g/mol. The second-order valence-electron chi connectivity index (χ2n) is 4.34. The number of hydrogen-bond acceptors (Lipinski definition) is 5. The fourth-order valence-electron chi connectivity index (χ4n) is 2.19. The average molecular weight is 284 g/mol. The van der Waals surface area contributed by atoms with Crippen LogP contribution in [0.15, 0.2) is 18.5 Å². The highest BCUT2D eigenvalue weighted by Crippen LogP contribution is 2.39. The Morgan fingerprint density at radius 2 is 2.22 bits per heavy atom. The highest BCUT2D eigenvalue weighted by Gasteiger charge is 2.31. The van der Waals surface area contributed by atoms with Gasteiger partial charge < -0.3 is 10.5 Å². The fraction of sp³-hybridized carbons (Fsp3) is 0.615. The molecule has 2 N–H and O–H groups in total. The van der Waals surface area contributed by atoms with Gasteiger partial charge in [0.1, 0.15) is 5.75 Å². The van der Waals surface area contributed by atoms with Crippen LogP contribution in [-0.2, 0) is 0 Å². The van der Waals surface area contributed by atoms with E-state index in [0.29, 0.717) is 10.5 Å². The topological polar surface area (TPSA) is 48.1 Å². The van der Waals surface area contributed by atoms with Crippen LogP contribution in [-0.4, -0.2) is 34.1 Å². The van der Waals surface area contributed by atoms with Gasteiger partial charge in [0.2, 0.25) is 0 Å². The van der Waals surface area contributed by atoms with Crippen molar-refractivity contribution in [2.45, 2.75) is 29.9 Å². The molecule has 1 aromatic rings. The lowest BCUT2D eigenvalue weighted by Crippen LogP contribution is -2.35. The molecule has 0 amide bonds. The monoisotopic (exact) mass is 284 g/mol. The van der Waals surface area contributed by atoms with Gasteiger partial charge in [-0.25, -0.2) is 0 Å². The summed E-state index contributed by atoms with van der Waals surface area (Å²) in [4.78, 5) is 4.20. The number of nitrogens with zero attached hydrogens (tertiary/aromatic N) is 1. The largest absolute Gasteiger partial charge is 0.495 e. The van der Waals surface area contributed by atoms with Crippen LogP contribution in [0.4, 0.5) is 0 Å². The van der Waals surface area contributed by atoms with Gasteiger partial charge in [-0.3, -0.25) is 4.98 Å². The summed E-state index contributed by atoms with van der Waals surface area (Å²) >= 11 is 4.05. The molecule has 2 heterocycles. The Bertz CT molecular complexity index is 389. The van der Waals surface area contributed by atoms with Crippen molar-refractivity contribution in [2.75, 3.05) is 18.6 Å². The summed E-state index contributed by atoms with van der Waals surface area (Å²) in [6.45, 7) is 2.24. The summed E-state index contributed by atoms with van der Waals surface area (Å²) in [6, 6.07) is 2.04. The summed E-state index contributed by atoms with van der Waals surface area (Å²) in [5.41, 5.74) is 7.51. The Kier molecular flexibility index (Phi) is 5.21. The van der Waals surface area contributed by atoms with Crippen LogP contribution < -0.4 is 10.5 Å². The molecule has 3 nitrogen and oxygen atoms in total. The van der Waals surface area contributed by atoms with Crippen molar-refractivity contribution in [3.8, 4) is 5.75 Å². The highest BCUT2D eigenvalue weighted by atomic mass is 32.2. The molecule has 0 radical (unpaired) electrons.